The van der Waals surface area contributed by atoms with E-state index in [0.29, 0.717) is 13.0 Å². The normalized spacial score (nSPS) is 20.1. The molecule has 0 aromatic carbocycles. The highest BCUT2D eigenvalue weighted by Crippen LogP contribution is 2.21. The number of nitrogens with zero attached hydrogens (tertiary/aromatic N) is 2. The van der Waals surface area contributed by atoms with E-state index < -0.39 is 24.8 Å². The maximum Gasteiger partial charge on any atom is 0.475 e. The predicted octanol–water partition coefficient (Wildman–Crippen LogP) is 2.42. The van der Waals surface area contributed by atoms with Gasteiger partial charge in [-0.1, -0.05) is 0 Å². The van der Waals surface area contributed by atoms with Crippen LogP contribution in [0.4, 0.5) is 9.59 Å². The van der Waals surface area contributed by atoms with E-state index >= 15 is 0 Å². The van der Waals surface area contributed by atoms with Crippen LogP contribution < -0.4 is 0 Å². The highest BCUT2D eigenvalue weighted by atomic mass is 16.6. The lowest BCUT2D eigenvalue weighted by molar-refractivity contribution is 0.0250. The van der Waals surface area contributed by atoms with Crippen molar-refractivity contribution >= 4 is 19.3 Å². The quantitative estimate of drug-likeness (QED) is 0.672. The van der Waals surface area contributed by atoms with Crippen LogP contribution in [0.15, 0.2) is 0 Å². The van der Waals surface area contributed by atoms with Crippen LogP contribution in [-0.2, 0) is 9.47 Å². The molecule has 156 valence electrons. The molecule has 8 nitrogen and oxygen atoms in total. The molecule has 0 bridgehead atoms. The minimum atomic E-state index is -1.49. The van der Waals surface area contributed by atoms with Crippen LogP contribution in [0.1, 0.15) is 67.2 Å². The zero-order valence-electron chi connectivity index (χ0n) is 17.5. The van der Waals surface area contributed by atoms with Crippen LogP contribution in [-0.4, -0.2) is 75.9 Å². The van der Waals surface area contributed by atoms with Gasteiger partial charge in [0, 0.05) is 19.6 Å². The first-order valence-electron chi connectivity index (χ1n) is 9.64. The van der Waals surface area contributed by atoms with Gasteiger partial charge in [-0.3, -0.25) is 0 Å². The molecular weight excluding hydrogens is 351 g/mol. The van der Waals surface area contributed by atoms with Crippen molar-refractivity contribution in [1.82, 2.24) is 9.80 Å². The largest absolute Gasteiger partial charge is 0.475 e. The molecule has 0 aromatic rings. The first kappa shape index (κ1) is 23.6. The minimum absolute atomic E-state index is 0.167. The summed E-state index contributed by atoms with van der Waals surface area (Å²) >= 11 is 0. The lowest BCUT2D eigenvalue weighted by atomic mass is 9.78. The number of amides is 2. The summed E-state index contributed by atoms with van der Waals surface area (Å²) < 4.78 is 10.4. The van der Waals surface area contributed by atoms with E-state index in [4.69, 9.17) is 19.5 Å². The number of rotatable bonds is 1. The summed E-state index contributed by atoms with van der Waals surface area (Å²) in [6, 6.07) is 0. The van der Waals surface area contributed by atoms with Gasteiger partial charge < -0.3 is 29.3 Å². The molecule has 27 heavy (non-hydrogen) atoms. The van der Waals surface area contributed by atoms with Crippen LogP contribution in [0, 0.1) is 0 Å². The van der Waals surface area contributed by atoms with Gasteiger partial charge in [-0.2, -0.15) is 0 Å². The number of ether oxygens (including phenoxy) is 2. The van der Waals surface area contributed by atoms with Gasteiger partial charge in [0.25, 0.3) is 0 Å². The number of likely N-dealkylation sites (tertiary alicyclic amines) is 2. The van der Waals surface area contributed by atoms with Gasteiger partial charge in [-0.25, -0.2) is 9.59 Å². The lowest BCUT2D eigenvalue weighted by Crippen LogP contribution is -2.47. The average molecular weight is 386 g/mol. The van der Waals surface area contributed by atoms with Crippen LogP contribution in [0.25, 0.3) is 0 Å². The molecule has 9 heteroatoms. The Kier molecular flexibility index (Phi) is 8.41. The third-order valence-electron chi connectivity index (χ3n) is 4.03. The molecule has 0 aliphatic carbocycles. The standard InChI is InChI=1S/C9H18BNO4.C9H17NO2/c1-9(2,3)15-8(12)11-6-4-5-7(11)10(13)14;1-9(2,3)12-8(11)10-6-4-5-7-10/h7,13-14H,4-6H2,1-3H3;4-7H2,1-3H3. The Morgan fingerprint density at radius 3 is 1.78 bits per heavy atom. The van der Waals surface area contributed by atoms with Crippen molar-refractivity contribution in [2.24, 2.45) is 0 Å². The molecule has 1 atom stereocenters. The third kappa shape index (κ3) is 8.84. The Balaban J connectivity index is 0.000000277. The summed E-state index contributed by atoms with van der Waals surface area (Å²) in [5.41, 5.74) is -0.912. The minimum Gasteiger partial charge on any atom is -0.444 e. The van der Waals surface area contributed by atoms with Gasteiger partial charge in [0.15, 0.2) is 0 Å². The Morgan fingerprint density at radius 2 is 1.33 bits per heavy atom. The highest BCUT2D eigenvalue weighted by molar-refractivity contribution is 6.43. The second-order valence-electron chi connectivity index (χ2n) is 8.97. The van der Waals surface area contributed by atoms with E-state index in [1.54, 1.807) is 25.7 Å². The summed E-state index contributed by atoms with van der Waals surface area (Å²) in [5.74, 6) is -0.528. The monoisotopic (exact) mass is 386 g/mol. The SMILES string of the molecule is CC(C)(C)OC(=O)N1CCCC1.CC(C)(C)OC(=O)N1CCCC1B(O)O. The van der Waals surface area contributed by atoms with E-state index in [1.165, 1.54) is 4.90 Å². The summed E-state index contributed by atoms with van der Waals surface area (Å²) in [6.45, 7) is 13.3. The van der Waals surface area contributed by atoms with Crippen molar-refractivity contribution in [3.8, 4) is 0 Å². The van der Waals surface area contributed by atoms with Crippen LogP contribution in [0.5, 0.6) is 0 Å². The molecule has 2 aliphatic heterocycles. The fourth-order valence-corrected chi connectivity index (χ4v) is 2.88. The smallest absolute Gasteiger partial charge is 0.444 e. The Bertz CT molecular complexity index is 495. The summed E-state index contributed by atoms with van der Waals surface area (Å²) in [6.07, 6.45) is 2.97. The van der Waals surface area contributed by atoms with Crippen molar-refractivity contribution in [2.45, 2.75) is 84.4 Å². The van der Waals surface area contributed by atoms with Crippen molar-refractivity contribution in [2.75, 3.05) is 19.6 Å². The second-order valence-corrected chi connectivity index (χ2v) is 8.97. The van der Waals surface area contributed by atoms with Gasteiger partial charge in [0.2, 0.25) is 0 Å². The molecule has 2 fully saturated rings. The molecule has 2 aliphatic rings. The average Bonchev–Trinajstić information content (AvgIpc) is 3.16. The fraction of sp³-hybridized carbons (Fsp3) is 0.889. The van der Waals surface area contributed by atoms with Crippen LogP contribution >= 0.6 is 0 Å². The zero-order valence-corrected chi connectivity index (χ0v) is 17.5. The number of hydrogen-bond acceptors (Lipinski definition) is 6. The fourth-order valence-electron chi connectivity index (χ4n) is 2.88. The molecule has 2 amide bonds. The van der Waals surface area contributed by atoms with Gasteiger partial charge >= 0.3 is 19.3 Å². The lowest BCUT2D eigenvalue weighted by Gasteiger charge is -2.28. The van der Waals surface area contributed by atoms with E-state index in [0.717, 1.165) is 32.4 Å². The first-order valence-corrected chi connectivity index (χ1v) is 9.64. The van der Waals surface area contributed by atoms with Gasteiger partial charge in [0.05, 0.1) is 5.94 Å². The molecule has 2 heterocycles. The van der Waals surface area contributed by atoms with E-state index in [1.807, 2.05) is 20.8 Å². The van der Waals surface area contributed by atoms with Crippen molar-refractivity contribution in [3.05, 3.63) is 0 Å². The molecule has 2 rings (SSSR count). The molecular formula is C18H35BN2O6. The molecule has 1 unspecified atom stereocenters. The highest BCUT2D eigenvalue weighted by Gasteiger charge is 2.38. The summed E-state index contributed by atoms with van der Waals surface area (Å²) in [7, 11) is -1.49. The summed E-state index contributed by atoms with van der Waals surface area (Å²) in [4.78, 5) is 26.2. The predicted molar refractivity (Wildman–Crippen MR) is 103 cm³/mol. The molecule has 0 saturated carbocycles. The van der Waals surface area contributed by atoms with Gasteiger partial charge in [0.1, 0.15) is 11.2 Å². The molecule has 2 N–H and O–H groups in total. The van der Waals surface area contributed by atoms with Crippen molar-refractivity contribution in [1.29, 1.82) is 0 Å². The number of carbonyl (C=O) groups excluding carboxylic acids is 2. The van der Waals surface area contributed by atoms with Crippen molar-refractivity contribution < 1.29 is 29.1 Å². The van der Waals surface area contributed by atoms with E-state index in [2.05, 4.69) is 0 Å². The third-order valence-corrected chi connectivity index (χ3v) is 4.03. The van der Waals surface area contributed by atoms with Gasteiger partial charge in [-0.15, -0.1) is 0 Å². The number of hydrogen-bond donors (Lipinski definition) is 2. The Hall–Kier alpha value is -1.48. The molecule has 0 aromatic heterocycles. The van der Waals surface area contributed by atoms with Crippen LogP contribution in [0.2, 0.25) is 0 Å². The number of carbonyl (C=O) groups is 2. The summed E-state index contributed by atoms with van der Waals surface area (Å²) in [5, 5.41) is 18.2. The topological polar surface area (TPSA) is 99.5 Å². The maximum atomic E-state index is 11.7. The Labute approximate surface area is 162 Å². The van der Waals surface area contributed by atoms with E-state index in [-0.39, 0.29) is 11.7 Å². The van der Waals surface area contributed by atoms with Crippen LogP contribution in [0.3, 0.4) is 0 Å². The zero-order chi connectivity index (χ0) is 20.8. The maximum absolute atomic E-state index is 11.7. The molecule has 0 spiro atoms. The first-order chi connectivity index (χ1) is 12.3. The van der Waals surface area contributed by atoms with E-state index in [9.17, 15) is 9.59 Å². The molecule has 0 radical (unpaired) electrons. The molecule has 2 saturated heterocycles. The van der Waals surface area contributed by atoms with Gasteiger partial charge in [-0.05, 0) is 67.2 Å². The Morgan fingerprint density at radius 1 is 0.852 bits per heavy atom. The second kappa shape index (κ2) is 9.64. The van der Waals surface area contributed by atoms with Crippen molar-refractivity contribution in [3.63, 3.8) is 0 Å².